The van der Waals surface area contributed by atoms with Gasteiger partial charge in [0.1, 0.15) is 6.79 Å². The van der Waals surface area contributed by atoms with E-state index in [-0.39, 0.29) is 43.3 Å². The van der Waals surface area contributed by atoms with Crippen LogP contribution in [0.2, 0.25) is 0 Å². The molecule has 0 aliphatic carbocycles. The van der Waals surface area contributed by atoms with Crippen molar-refractivity contribution < 1.29 is 44.9 Å². The van der Waals surface area contributed by atoms with Gasteiger partial charge in [-0.1, -0.05) is 0 Å². The summed E-state index contributed by atoms with van der Waals surface area (Å²) >= 11 is -0.250. The molecule has 2 N–H and O–H groups in total. The van der Waals surface area contributed by atoms with E-state index in [0.29, 0.717) is 0 Å². The molecule has 34 valence electrons. The van der Waals surface area contributed by atoms with Gasteiger partial charge >= 0.3 is 29.6 Å². The topological polar surface area (TPSA) is 57.5 Å². The van der Waals surface area contributed by atoms with Crippen molar-refractivity contribution in [2.75, 3.05) is 0 Å². The fourth-order valence-electron chi connectivity index (χ4n) is 0. The van der Waals surface area contributed by atoms with Gasteiger partial charge in [0.2, 0.25) is 0 Å². The van der Waals surface area contributed by atoms with Gasteiger partial charge in [0, 0.05) is 0 Å². The Bertz CT molecular complexity index is 18.9. The van der Waals surface area contributed by atoms with Crippen LogP contribution in [0.4, 0.5) is 0 Å². The fraction of sp³-hybridized carbons (Fsp3) is 0. The van der Waals surface area contributed by atoms with Crippen LogP contribution in [0.5, 0.6) is 0 Å². The molecule has 0 atom stereocenters. The van der Waals surface area contributed by atoms with Crippen LogP contribution in [0, 0.1) is 0 Å². The van der Waals surface area contributed by atoms with Crippen molar-refractivity contribution in [2.24, 2.45) is 0 Å². The maximum Gasteiger partial charge on any atom is 1.00 e. The van der Waals surface area contributed by atoms with Crippen LogP contribution in [0.3, 0.4) is 0 Å². The Morgan fingerprint density at radius 3 is 1.50 bits per heavy atom. The van der Waals surface area contributed by atoms with Crippen LogP contribution in [0.15, 0.2) is 0 Å². The summed E-state index contributed by atoms with van der Waals surface area (Å²) in [6.45, 7) is 2.00. The standard InChI is InChI=1S/CH2O.Na.H2O2S.H/c1-2;;1-3-2;/h1H2;;1-2H;/q;+1;;-1. The fourth-order valence-corrected chi connectivity index (χ4v) is 0. The maximum absolute atomic E-state index is 8.00. The molecule has 0 rings (SSSR count). The third kappa shape index (κ3) is 86.8. The Kier molecular flexibility index (Phi) is 101. The molecule has 0 bridgehead atoms. The summed E-state index contributed by atoms with van der Waals surface area (Å²) in [4.78, 5) is 8.00. The monoisotopic (exact) mass is 120 g/mol. The zero-order chi connectivity index (χ0) is 4.71. The molecular weight excluding hydrogens is 115 g/mol. The van der Waals surface area contributed by atoms with Crippen molar-refractivity contribution in [3.05, 3.63) is 0 Å². The summed E-state index contributed by atoms with van der Waals surface area (Å²) < 4.78 is 14.1. The second kappa shape index (κ2) is 38.5. The minimum absolute atomic E-state index is 0. The molecule has 0 unspecified atom stereocenters. The van der Waals surface area contributed by atoms with Gasteiger partial charge in [0.15, 0.2) is 12.3 Å². The molecule has 0 saturated heterocycles. The largest absolute Gasteiger partial charge is 1.00 e. The number of carbonyl (C=O) groups excluding carboxylic acids is 1. The molecule has 3 nitrogen and oxygen atoms in total. The molecular formula is CH5NaO3S. The number of carbonyl (C=O) groups is 1. The maximum atomic E-state index is 8.00. The van der Waals surface area contributed by atoms with Crippen LogP contribution >= 0.6 is 12.3 Å². The molecule has 0 amide bonds. The zero-order valence-electron chi connectivity index (χ0n) is 4.42. The van der Waals surface area contributed by atoms with E-state index in [1.165, 1.54) is 0 Å². The summed E-state index contributed by atoms with van der Waals surface area (Å²) in [5.74, 6) is 0. The summed E-state index contributed by atoms with van der Waals surface area (Å²) in [5.41, 5.74) is 0. The Morgan fingerprint density at radius 2 is 1.50 bits per heavy atom. The first-order chi connectivity index (χ1) is 2.41. The van der Waals surface area contributed by atoms with E-state index in [2.05, 4.69) is 0 Å². The average Bonchev–Trinajstić information content (AvgIpc) is 1.46. The van der Waals surface area contributed by atoms with Crippen LogP contribution < -0.4 is 29.6 Å². The van der Waals surface area contributed by atoms with Crippen LogP contribution in [-0.4, -0.2) is 15.9 Å². The van der Waals surface area contributed by atoms with Gasteiger partial charge in [-0.05, 0) is 0 Å². The van der Waals surface area contributed by atoms with E-state index < -0.39 is 0 Å². The minimum atomic E-state index is -0.250. The van der Waals surface area contributed by atoms with Gasteiger partial charge in [0.05, 0.1) is 0 Å². The first-order valence-electron chi connectivity index (χ1n) is 0.654. The van der Waals surface area contributed by atoms with Gasteiger partial charge in [-0.25, -0.2) is 0 Å². The van der Waals surface area contributed by atoms with E-state index >= 15 is 0 Å². The molecule has 5 heteroatoms. The number of hydrogen-bond donors (Lipinski definition) is 2. The Labute approximate surface area is 63.9 Å². The van der Waals surface area contributed by atoms with E-state index in [9.17, 15) is 0 Å². The molecule has 0 aromatic carbocycles. The third-order valence-electron chi connectivity index (χ3n) is 0. The second-order valence-electron chi connectivity index (χ2n) is 0.0816. The Balaban J connectivity index is -0.0000000105. The van der Waals surface area contributed by atoms with Crippen LogP contribution in [0.1, 0.15) is 1.43 Å². The number of hydrogen-bond acceptors (Lipinski definition) is 4. The average molecular weight is 120 g/mol. The summed E-state index contributed by atoms with van der Waals surface area (Å²) in [5, 5.41) is 0. The van der Waals surface area contributed by atoms with Crippen molar-refractivity contribution in [3.8, 4) is 0 Å². The van der Waals surface area contributed by atoms with Gasteiger partial charge in [0.25, 0.3) is 0 Å². The summed E-state index contributed by atoms with van der Waals surface area (Å²) in [6.07, 6.45) is 0. The van der Waals surface area contributed by atoms with Gasteiger partial charge in [-0.2, -0.15) is 0 Å². The van der Waals surface area contributed by atoms with Crippen LogP contribution in [-0.2, 0) is 4.79 Å². The van der Waals surface area contributed by atoms with Crippen molar-refractivity contribution in [2.45, 2.75) is 0 Å². The normalized spacial score (nSPS) is 3.67. The van der Waals surface area contributed by atoms with Gasteiger partial charge < -0.3 is 15.3 Å². The predicted molar refractivity (Wildman–Crippen MR) is 21.1 cm³/mol. The minimum Gasteiger partial charge on any atom is -1.00 e. The van der Waals surface area contributed by atoms with E-state index in [1.807, 2.05) is 6.79 Å². The SMILES string of the molecule is C=O.OSO.[H-].[Na+]. The molecule has 0 radical (unpaired) electrons. The molecule has 0 heterocycles. The molecule has 0 aromatic heterocycles. The number of rotatable bonds is 0. The molecule has 0 aliphatic rings. The van der Waals surface area contributed by atoms with Crippen molar-refractivity contribution in [1.29, 1.82) is 0 Å². The molecule has 0 aliphatic heterocycles. The van der Waals surface area contributed by atoms with Crippen molar-refractivity contribution in [1.82, 2.24) is 0 Å². The summed E-state index contributed by atoms with van der Waals surface area (Å²) in [6, 6.07) is 0. The molecule has 0 spiro atoms. The quantitative estimate of drug-likeness (QED) is 0.276. The van der Waals surface area contributed by atoms with E-state index in [0.717, 1.165) is 0 Å². The van der Waals surface area contributed by atoms with Gasteiger partial charge in [-0.3, -0.25) is 0 Å². The predicted octanol–water partition coefficient (Wildman–Crippen LogP) is -2.40. The Morgan fingerprint density at radius 1 is 1.50 bits per heavy atom. The van der Waals surface area contributed by atoms with Crippen molar-refractivity contribution in [3.63, 3.8) is 0 Å². The second-order valence-corrected chi connectivity index (χ2v) is 0.245. The first kappa shape index (κ1) is 15.8. The zero-order valence-corrected chi connectivity index (χ0v) is 6.23. The van der Waals surface area contributed by atoms with Crippen LogP contribution in [0.25, 0.3) is 0 Å². The third-order valence-corrected chi connectivity index (χ3v) is 0. The Hall–Kier alpha value is 0.940. The molecule has 0 fully saturated rings. The van der Waals surface area contributed by atoms with E-state index in [1.54, 1.807) is 0 Å². The van der Waals surface area contributed by atoms with E-state index in [4.69, 9.17) is 13.9 Å². The molecule has 0 saturated carbocycles. The van der Waals surface area contributed by atoms with Gasteiger partial charge in [-0.15, -0.1) is 0 Å². The molecule has 0 aromatic rings. The van der Waals surface area contributed by atoms with Crippen molar-refractivity contribution >= 4 is 19.1 Å². The smallest absolute Gasteiger partial charge is 1.00 e. The molecule has 6 heavy (non-hydrogen) atoms. The summed E-state index contributed by atoms with van der Waals surface area (Å²) in [7, 11) is 0. The first-order valence-corrected chi connectivity index (χ1v) is 1.38.